The summed E-state index contributed by atoms with van der Waals surface area (Å²) in [6.45, 7) is 2.00. The van der Waals surface area contributed by atoms with E-state index in [0.29, 0.717) is 0 Å². The number of nitrogens with one attached hydrogen (secondary N) is 1. The van der Waals surface area contributed by atoms with E-state index in [0.717, 1.165) is 5.56 Å². The van der Waals surface area contributed by atoms with Gasteiger partial charge in [-0.25, -0.2) is 4.79 Å². The smallest absolute Gasteiger partial charge is 0.407 e. The molecule has 0 heterocycles. The Morgan fingerprint density at radius 2 is 1.95 bits per heavy atom. The van der Waals surface area contributed by atoms with Gasteiger partial charge in [0.1, 0.15) is 3.92 Å². The lowest BCUT2D eigenvalue weighted by Gasteiger charge is -2.22. The highest BCUT2D eigenvalue weighted by molar-refractivity contribution is 14.1. The van der Waals surface area contributed by atoms with E-state index in [4.69, 9.17) is 9.47 Å². The minimum atomic E-state index is -0.554. The monoisotopic (exact) mass is 377 g/mol. The third-order valence-corrected chi connectivity index (χ3v) is 3.65. The lowest BCUT2D eigenvalue weighted by atomic mass is 10.0. The van der Waals surface area contributed by atoms with E-state index in [9.17, 15) is 9.59 Å². The summed E-state index contributed by atoms with van der Waals surface area (Å²) in [5, 5.41) is 2.68. The van der Waals surface area contributed by atoms with Crippen molar-refractivity contribution in [3.8, 4) is 0 Å². The number of carbonyl (C=O) groups excluding carboxylic acids is 2. The standard InChI is InChI=1S/C13H16INO4/c1-3-19-13(17)15-11(10(14)12(16)18-2)9-7-5-4-6-8-9/h4-8,10-11H,3H2,1-2H3,(H,15,17)/t10-,11-/m1/s1. The Kier molecular flexibility index (Phi) is 6.61. The van der Waals surface area contributed by atoms with Crippen molar-refractivity contribution in [3.05, 3.63) is 35.9 Å². The Bertz CT molecular complexity index is 424. The van der Waals surface area contributed by atoms with Crippen molar-refractivity contribution >= 4 is 34.7 Å². The lowest BCUT2D eigenvalue weighted by Crippen LogP contribution is -2.38. The number of amides is 1. The molecule has 0 aliphatic carbocycles. The van der Waals surface area contributed by atoms with Crippen molar-refractivity contribution in [1.29, 1.82) is 0 Å². The molecule has 0 spiro atoms. The fourth-order valence-electron chi connectivity index (χ4n) is 1.53. The third kappa shape index (κ3) is 4.70. The summed E-state index contributed by atoms with van der Waals surface area (Å²) < 4.78 is 9.04. The Morgan fingerprint density at radius 1 is 1.32 bits per heavy atom. The van der Waals surface area contributed by atoms with Crippen molar-refractivity contribution in [2.24, 2.45) is 0 Å². The van der Waals surface area contributed by atoms with Gasteiger partial charge in [0.25, 0.3) is 0 Å². The Hall–Kier alpha value is -1.31. The molecule has 2 atom stereocenters. The zero-order valence-electron chi connectivity index (χ0n) is 10.8. The minimum absolute atomic E-state index is 0.275. The maximum Gasteiger partial charge on any atom is 0.407 e. The largest absolute Gasteiger partial charge is 0.468 e. The Balaban J connectivity index is 2.91. The number of ether oxygens (including phenoxy) is 2. The van der Waals surface area contributed by atoms with Crippen LogP contribution < -0.4 is 5.32 Å². The van der Waals surface area contributed by atoms with E-state index in [-0.39, 0.29) is 6.61 Å². The van der Waals surface area contributed by atoms with Gasteiger partial charge in [0.15, 0.2) is 0 Å². The molecule has 104 valence electrons. The van der Waals surface area contributed by atoms with Crippen molar-refractivity contribution in [3.63, 3.8) is 0 Å². The van der Waals surface area contributed by atoms with Crippen LogP contribution in [0.25, 0.3) is 0 Å². The fourth-order valence-corrected chi connectivity index (χ4v) is 2.38. The van der Waals surface area contributed by atoms with Crippen LogP contribution in [0.1, 0.15) is 18.5 Å². The van der Waals surface area contributed by atoms with Gasteiger partial charge >= 0.3 is 12.1 Å². The van der Waals surface area contributed by atoms with Gasteiger partial charge in [0.2, 0.25) is 0 Å². The van der Waals surface area contributed by atoms with Crippen LogP contribution in [0.15, 0.2) is 30.3 Å². The number of rotatable bonds is 5. The van der Waals surface area contributed by atoms with Gasteiger partial charge in [-0.05, 0) is 12.5 Å². The maximum absolute atomic E-state index is 11.6. The molecule has 0 saturated carbocycles. The van der Waals surface area contributed by atoms with E-state index in [2.05, 4.69) is 5.32 Å². The molecule has 0 bridgehead atoms. The summed E-state index contributed by atoms with van der Waals surface area (Å²) in [4.78, 5) is 23.2. The number of benzene rings is 1. The predicted molar refractivity (Wildman–Crippen MR) is 79.2 cm³/mol. The first-order valence-electron chi connectivity index (χ1n) is 5.80. The summed E-state index contributed by atoms with van der Waals surface area (Å²) in [5.41, 5.74) is 0.820. The molecule has 0 unspecified atom stereocenters. The van der Waals surface area contributed by atoms with Gasteiger partial charge in [-0.15, -0.1) is 0 Å². The predicted octanol–water partition coefficient (Wildman–Crippen LogP) is 2.45. The Labute approximate surface area is 125 Å². The quantitative estimate of drug-likeness (QED) is 0.487. The van der Waals surface area contributed by atoms with E-state index in [1.165, 1.54) is 7.11 Å². The van der Waals surface area contributed by atoms with Gasteiger partial charge in [-0.3, -0.25) is 4.79 Å². The molecule has 1 amide bonds. The van der Waals surface area contributed by atoms with Crippen LogP contribution >= 0.6 is 22.6 Å². The van der Waals surface area contributed by atoms with Gasteiger partial charge < -0.3 is 14.8 Å². The number of carbonyl (C=O) groups is 2. The second-order valence-corrected chi connectivity index (χ2v) is 5.02. The number of alkyl halides is 1. The highest BCUT2D eigenvalue weighted by atomic mass is 127. The zero-order chi connectivity index (χ0) is 14.3. The lowest BCUT2D eigenvalue weighted by molar-refractivity contribution is -0.140. The van der Waals surface area contributed by atoms with Gasteiger partial charge in [0.05, 0.1) is 19.8 Å². The average Bonchev–Trinajstić information content (AvgIpc) is 2.44. The number of hydrogen-bond acceptors (Lipinski definition) is 4. The zero-order valence-corrected chi connectivity index (χ0v) is 12.9. The first kappa shape index (κ1) is 15.7. The first-order valence-corrected chi connectivity index (χ1v) is 7.04. The van der Waals surface area contributed by atoms with Crippen molar-refractivity contribution in [2.45, 2.75) is 16.9 Å². The first-order chi connectivity index (χ1) is 9.10. The van der Waals surface area contributed by atoms with Gasteiger partial charge in [0, 0.05) is 0 Å². The number of halogens is 1. The maximum atomic E-state index is 11.6. The van der Waals surface area contributed by atoms with Crippen molar-refractivity contribution < 1.29 is 19.1 Å². The molecule has 1 rings (SSSR count). The molecule has 5 nitrogen and oxygen atoms in total. The number of hydrogen-bond donors (Lipinski definition) is 1. The average molecular weight is 377 g/mol. The highest BCUT2D eigenvalue weighted by Gasteiger charge is 2.29. The van der Waals surface area contributed by atoms with E-state index < -0.39 is 22.0 Å². The molecule has 6 heteroatoms. The molecule has 0 radical (unpaired) electrons. The van der Waals surface area contributed by atoms with Crippen LogP contribution in [0.4, 0.5) is 4.79 Å². The third-order valence-electron chi connectivity index (χ3n) is 2.43. The second-order valence-electron chi connectivity index (χ2n) is 3.68. The van der Waals surface area contributed by atoms with Crippen LogP contribution in [-0.2, 0) is 14.3 Å². The summed E-state index contributed by atoms with van der Waals surface area (Å²) in [6.07, 6.45) is -0.554. The molecule has 0 aromatic heterocycles. The molecule has 0 aliphatic rings. The topological polar surface area (TPSA) is 64.6 Å². The molecule has 1 N–H and O–H groups in total. The molecule has 0 saturated heterocycles. The van der Waals surface area contributed by atoms with Crippen LogP contribution in [0.5, 0.6) is 0 Å². The van der Waals surface area contributed by atoms with Crippen molar-refractivity contribution in [2.75, 3.05) is 13.7 Å². The molecule has 0 fully saturated rings. The van der Waals surface area contributed by atoms with Gasteiger partial charge in [-0.2, -0.15) is 0 Å². The van der Waals surface area contributed by atoms with Crippen LogP contribution in [0.2, 0.25) is 0 Å². The van der Waals surface area contributed by atoms with Crippen molar-refractivity contribution in [1.82, 2.24) is 5.32 Å². The SMILES string of the molecule is CCOC(=O)N[C@H](c1ccccc1)[C@@H](I)C(=O)OC. The highest BCUT2D eigenvalue weighted by Crippen LogP contribution is 2.24. The summed E-state index contributed by atoms with van der Waals surface area (Å²) in [7, 11) is 1.32. The van der Waals surface area contributed by atoms with E-state index in [1.54, 1.807) is 6.92 Å². The molecular weight excluding hydrogens is 361 g/mol. The number of esters is 1. The number of methoxy groups -OCH3 is 1. The van der Waals surface area contributed by atoms with Crippen LogP contribution in [0.3, 0.4) is 0 Å². The fraction of sp³-hybridized carbons (Fsp3) is 0.385. The molecule has 1 aromatic carbocycles. The summed E-state index contributed by atoms with van der Waals surface area (Å²) in [5.74, 6) is -0.397. The van der Waals surface area contributed by atoms with Gasteiger partial charge in [-0.1, -0.05) is 52.9 Å². The van der Waals surface area contributed by atoms with Crippen LogP contribution in [-0.4, -0.2) is 29.7 Å². The second kappa shape index (κ2) is 7.98. The molecular formula is C13H16INO4. The summed E-state index contributed by atoms with van der Waals surface area (Å²) >= 11 is 1.95. The molecule has 19 heavy (non-hydrogen) atoms. The van der Waals surface area contributed by atoms with Crippen LogP contribution in [0, 0.1) is 0 Å². The number of alkyl carbamates (subject to hydrolysis) is 1. The summed E-state index contributed by atoms with van der Waals surface area (Å²) in [6, 6.07) is 8.74. The van der Waals surface area contributed by atoms with E-state index in [1.807, 2.05) is 52.9 Å². The Morgan fingerprint density at radius 3 is 2.47 bits per heavy atom. The minimum Gasteiger partial charge on any atom is -0.468 e. The molecule has 1 aromatic rings. The normalized spacial score (nSPS) is 13.2. The van der Waals surface area contributed by atoms with E-state index >= 15 is 0 Å². The molecule has 0 aliphatic heterocycles.